The molecular weight excluding hydrogens is 250 g/mol. The van der Waals surface area contributed by atoms with Gasteiger partial charge in [0.05, 0.1) is 0 Å². The molecule has 0 amide bonds. The lowest BCUT2D eigenvalue weighted by atomic mass is 10.1. The average Bonchev–Trinajstić information content (AvgIpc) is 2.81. The fourth-order valence-electron chi connectivity index (χ4n) is 1.56. The number of benzene rings is 1. The van der Waals surface area contributed by atoms with Gasteiger partial charge in [0, 0.05) is 13.3 Å². The van der Waals surface area contributed by atoms with Crippen LogP contribution in [-0.4, -0.2) is 30.2 Å². The molecule has 18 heavy (non-hydrogen) atoms. The molecule has 5 nitrogen and oxygen atoms in total. The number of aryl methyl sites for hydroxylation is 1. The van der Waals surface area contributed by atoms with E-state index < -0.39 is 0 Å². The van der Waals surface area contributed by atoms with Gasteiger partial charge < -0.3 is 15.2 Å². The number of fused-ring (bicyclic) bond motifs is 1. The molecule has 0 radical (unpaired) electrons. The maximum absolute atomic E-state index is 5.40. The maximum atomic E-state index is 5.40. The van der Waals surface area contributed by atoms with E-state index in [1.807, 2.05) is 18.2 Å². The van der Waals surface area contributed by atoms with Gasteiger partial charge in [0.15, 0.2) is 16.6 Å². The minimum absolute atomic E-state index is 0.259. The first-order valence-electron chi connectivity index (χ1n) is 5.61. The van der Waals surface area contributed by atoms with E-state index in [4.69, 9.17) is 27.4 Å². The van der Waals surface area contributed by atoms with Crippen molar-refractivity contribution in [1.82, 2.24) is 5.01 Å². The molecule has 0 aromatic heterocycles. The summed E-state index contributed by atoms with van der Waals surface area (Å²) in [6.07, 6.45) is 3.49. The summed E-state index contributed by atoms with van der Waals surface area (Å²) in [6.45, 7) is 0.305. The highest BCUT2D eigenvalue weighted by Crippen LogP contribution is 2.32. The lowest BCUT2D eigenvalue weighted by molar-refractivity contribution is 0.174. The average molecular weight is 265 g/mol. The number of ether oxygens (including phenoxy) is 2. The molecule has 1 aromatic carbocycles. The van der Waals surface area contributed by atoms with Crippen molar-refractivity contribution in [2.24, 2.45) is 10.8 Å². The Bertz CT molecular complexity index is 476. The Hall–Kier alpha value is -1.82. The van der Waals surface area contributed by atoms with Crippen molar-refractivity contribution in [3.63, 3.8) is 0 Å². The molecule has 2 N–H and O–H groups in total. The van der Waals surface area contributed by atoms with Gasteiger partial charge >= 0.3 is 0 Å². The van der Waals surface area contributed by atoms with Crippen LogP contribution in [0.2, 0.25) is 0 Å². The molecule has 0 bridgehead atoms. The third kappa shape index (κ3) is 3.10. The number of nitrogens with zero attached hydrogens (tertiary/aromatic N) is 2. The van der Waals surface area contributed by atoms with Crippen LogP contribution in [0.3, 0.4) is 0 Å². The van der Waals surface area contributed by atoms with Crippen LogP contribution in [0, 0.1) is 0 Å². The molecule has 0 fully saturated rings. The monoisotopic (exact) mass is 265 g/mol. The van der Waals surface area contributed by atoms with Crippen molar-refractivity contribution in [3.05, 3.63) is 23.8 Å². The largest absolute Gasteiger partial charge is 0.454 e. The van der Waals surface area contributed by atoms with E-state index in [-0.39, 0.29) is 5.11 Å². The second-order valence-corrected chi connectivity index (χ2v) is 4.30. The van der Waals surface area contributed by atoms with E-state index in [9.17, 15) is 0 Å². The molecule has 1 heterocycles. The Kier molecular flexibility index (Phi) is 3.99. The van der Waals surface area contributed by atoms with Crippen molar-refractivity contribution in [1.29, 1.82) is 0 Å². The molecule has 1 aromatic rings. The second kappa shape index (κ2) is 5.68. The van der Waals surface area contributed by atoms with Crippen molar-refractivity contribution in [2.45, 2.75) is 12.8 Å². The minimum atomic E-state index is 0.259. The first-order valence-corrected chi connectivity index (χ1v) is 6.02. The summed E-state index contributed by atoms with van der Waals surface area (Å²) >= 11 is 4.77. The Morgan fingerprint density at radius 1 is 1.50 bits per heavy atom. The number of nitrogens with two attached hydrogens (primary N) is 1. The van der Waals surface area contributed by atoms with Crippen molar-refractivity contribution < 1.29 is 9.47 Å². The standard InChI is InChI=1S/C12H15N3O2S/c1-15(12(13)18)14-6-2-3-9-4-5-10-11(7-9)17-8-16-10/h4-7H,2-3,8H2,1H3,(H2,13,18)/b14-6+. The Balaban J connectivity index is 1.85. The van der Waals surface area contributed by atoms with Crippen LogP contribution in [0.25, 0.3) is 0 Å². The van der Waals surface area contributed by atoms with Crippen molar-refractivity contribution in [3.8, 4) is 11.5 Å². The van der Waals surface area contributed by atoms with Gasteiger partial charge in [-0.3, -0.25) is 0 Å². The summed E-state index contributed by atoms with van der Waals surface area (Å²) in [5, 5.41) is 5.82. The molecule has 1 aliphatic heterocycles. The van der Waals surface area contributed by atoms with Gasteiger partial charge in [-0.1, -0.05) is 6.07 Å². The number of thiocarbonyl (C=S) groups is 1. The molecule has 0 saturated carbocycles. The smallest absolute Gasteiger partial charge is 0.231 e. The number of hydrogen-bond donors (Lipinski definition) is 1. The summed E-state index contributed by atoms with van der Waals surface area (Å²) in [7, 11) is 1.72. The Morgan fingerprint density at radius 2 is 2.28 bits per heavy atom. The maximum Gasteiger partial charge on any atom is 0.231 e. The Morgan fingerprint density at radius 3 is 3.06 bits per heavy atom. The van der Waals surface area contributed by atoms with E-state index >= 15 is 0 Å². The molecule has 0 unspecified atom stereocenters. The van der Waals surface area contributed by atoms with Crippen molar-refractivity contribution in [2.75, 3.05) is 13.8 Å². The minimum Gasteiger partial charge on any atom is -0.454 e. The number of rotatable bonds is 4. The predicted octanol–water partition coefficient (Wildman–Crippen LogP) is 1.51. The lowest BCUT2D eigenvalue weighted by Gasteiger charge is -2.08. The van der Waals surface area contributed by atoms with Crippen LogP contribution < -0.4 is 15.2 Å². The first-order chi connectivity index (χ1) is 8.66. The van der Waals surface area contributed by atoms with Gasteiger partial charge in [-0.05, 0) is 42.8 Å². The van der Waals surface area contributed by atoms with E-state index in [2.05, 4.69) is 5.10 Å². The third-order valence-corrected chi connectivity index (χ3v) is 2.84. The van der Waals surface area contributed by atoms with Gasteiger partial charge in [-0.15, -0.1) is 0 Å². The predicted molar refractivity (Wildman–Crippen MR) is 73.9 cm³/mol. The van der Waals surface area contributed by atoms with Crippen LogP contribution in [0.15, 0.2) is 23.3 Å². The highest BCUT2D eigenvalue weighted by atomic mass is 32.1. The molecular formula is C12H15N3O2S. The fraction of sp³-hybridized carbons (Fsp3) is 0.333. The highest BCUT2D eigenvalue weighted by Gasteiger charge is 2.12. The fourth-order valence-corrected chi connectivity index (χ4v) is 1.61. The van der Waals surface area contributed by atoms with E-state index in [1.54, 1.807) is 13.3 Å². The van der Waals surface area contributed by atoms with Crippen LogP contribution in [0.5, 0.6) is 11.5 Å². The van der Waals surface area contributed by atoms with Crippen LogP contribution >= 0.6 is 12.2 Å². The molecule has 0 saturated heterocycles. The SMILES string of the molecule is CN(/N=C/CCc1ccc2c(c1)OCO2)C(N)=S. The summed E-state index contributed by atoms with van der Waals surface area (Å²) < 4.78 is 10.6. The first kappa shape index (κ1) is 12.6. The van der Waals surface area contributed by atoms with Crippen LogP contribution in [0.1, 0.15) is 12.0 Å². The van der Waals surface area contributed by atoms with E-state index in [1.165, 1.54) is 10.6 Å². The molecule has 0 aliphatic carbocycles. The van der Waals surface area contributed by atoms with E-state index in [0.29, 0.717) is 6.79 Å². The zero-order valence-electron chi connectivity index (χ0n) is 10.1. The molecule has 1 aliphatic rings. The summed E-state index contributed by atoms with van der Waals surface area (Å²) in [5.74, 6) is 1.62. The third-order valence-electron chi connectivity index (χ3n) is 2.57. The topological polar surface area (TPSA) is 60.1 Å². The molecule has 0 spiro atoms. The molecule has 6 heteroatoms. The molecule has 0 atom stereocenters. The number of hydrogen-bond acceptors (Lipinski definition) is 4. The van der Waals surface area contributed by atoms with Gasteiger partial charge in [-0.2, -0.15) is 5.10 Å². The zero-order valence-corrected chi connectivity index (χ0v) is 10.9. The van der Waals surface area contributed by atoms with Crippen molar-refractivity contribution >= 4 is 23.5 Å². The van der Waals surface area contributed by atoms with Gasteiger partial charge in [0.1, 0.15) is 0 Å². The second-order valence-electron chi connectivity index (χ2n) is 3.89. The van der Waals surface area contributed by atoms with E-state index in [0.717, 1.165) is 24.3 Å². The summed E-state index contributed by atoms with van der Waals surface area (Å²) in [4.78, 5) is 0. The Labute approximate surface area is 111 Å². The van der Waals surface area contributed by atoms with Crippen LogP contribution in [0.4, 0.5) is 0 Å². The van der Waals surface area contributed by atoms with Gasteiger partial charge in [-0.25, -0.2) is 5.01 Å². The summed E-state index contributed by atoms with van der Waals surface area (Å²) in [6, 6.07) is 5.95. The van der Waals surface area contributed by atoms with Gasteiger partial charge in [0.2, 0.25) is 6.79 Å². The zero-order chi connectivity index (χ0) is 13.0. The van der Waals surface area contributed by atoms with Gasteiger partial charge in [0.25, 0.3) is 0 Å². The summed E-state index contributed by atoms with van der Waals surface area (Å²) in [5.41, 5.74) is 6.59. The number of hydrazone groups is 1. The normalized spacial score (nSPS) is 12.9. The molecule has 96 valence electrons. The lowest BCUT2D eigenvalue weighted by Crippen LogP contribution is -2.26. The molecule has 2 rings (SSSR count). The quantitative estimate of drug-likeness (QED) is 0.508. The van der Waals surface area contributed by atoms with Crippen LogP contribution in [-0.2, 0) is 6.42 Å². The highest BCUT2D eigenvalue weighted by molar-refractivity contribution is 7.80.